The highest BCUT2D eigenvalue weighted by Gasteiger charge is 2.55. The smallest absolute Gasteiger partial charge is 0.251 e. The maximum absolute atomic E-state index is 13.5. The van der Waals surface area contributed by atoms with Crippen LogP contribution in [-0.2, 0) is 6.54 Å². The van der Waals surface area contributed by atoms with E-state index in [9.17, 15) is 13.2 Å². The number of hydrogen-bond acceptors (Lipinski definition) is 2. The minimum atomic E-state index is -2.55. The molecule has 3 nitrogen and oxygen atoms in total. The van der Waals surface area contributed by atoms with Crippen molar-refractivity contribution in [3.8, 4) is 11.1 Å². The first-order valence-electron chi connectivity index (χ1n) is 7.86. The number of aryl methyl sites for hydroxylation is 2. The summed E-state index contributed by atoms with van der Waals surface area (Å²) in [6, 6.07) is 6.46. The van der Waals surface area contributed by atoms with Crippen molar-refractivity contribution < 1.29 is 13.2 Å². The van der Waals surface area contributed by atoms with E-state index in [1.165, 1.54) is 6.07 Å². The van der Waals surface area contributed by atoms with Crippen LogP contribution in [0.3, 0.4) is 0 Å². The summed E-state index contributed by atoms with van der Waals surface area (Å²) in [5.74, 6) is -3.44. The molecule has 7 heteroatoms. The van der Waals surface area contributed by atoms with Crippen LogP contribution < -0.4 is 5.49 Å². The lowest BCUT2D eigenvalue weighted by molar-refractivity contribution is 0.0959. The van der Waals surface area contributed by atoms with Gasteiger partial charge in [0.1, 0.15) is 5.82 Å². The summed E-state index contributed by atoms with van der Waals surface area (Å²) in [6.07, 6.45) is 1.99. The van der Waals surface area contributed by atoms with Gasteiger partial charge in [-0.2, -0.15) is 5.10 Å². The highest BCUT2D eigenvalue weighted by atomic mass is 35.5. The maximum atomic E-state index is 13.5. The third kappa shape index (κ3) is 3.63. The normalized spacial score (nSPS) is 19.1. The molecule has 2 aromatic rings. The van der Waals surface area contributed by atoms with Crippen molar-refractivity contribution in [2.75, 3.05) is 0 Å². The van der Waals surface area contributed by atoms with Crippen molar-refractivity contribution >= 4 is 18.3 Å². The fourth-order valence-electron chi connectivity index (χ4n) is 2.82. The Labute approximate surface area is 148 Å². The lowest BCUT2D eigenvalue weighted by Gasteiger charge is -2.12. The van der Waals surface area contributed by atoms with Gasteiger partial charge >= 0.3 is 0 Å². The Bertz CT molecular complexity index is 890. The molecule has 1 aromatic heterocycles. The molecule has 1 atom stereocenters. The van der Waals surface area contributed by atoms with E-state index in [2.05, 4.69) is 16.9 Å². The predicted molar refractivity (Wildman–Crippen MR) is 92.4 cm³/mol. The summed E-state index contributed by atoms with van der Waals surface area (Å²) < 4.78 is 41.3. The third-order valence-corrected chi connectivity index (χ3v) is 4.81. The van der Waals surface area contributed by atoms with Gasteiger partial charge in [-0.15, -0.1) is 5.10 Å². The molecule has 1 heterocycles. The Morgan fingerprint density at radius 3 is 2.68 bits per heavy atom. The van der Waals surface area contributed by atoms with E-state index in [0.29, 0.717) is 34.6 Å². The van der Waals surface area contributed by atoms with E-state index in [4.69, 9.17) is 11.6 Å². The SMILES string of the molecule is C=N/N=c1/c(Cl)c(-c2ccc(F)c(C)c2)ccn1CCC1CC1(F)F. The van der Waals surface area contributed by atoms with Crippen LogP contribution in [0.5, 0.6) is 0 Å². The lowest BCUT2D eigenvalue weighted by Crippen LogP contribution is -2.22. The van der Waals surface area contributed by atoms with Crippen molar-refractivity contribution in [2.45, 2.75) is 32.2 Å². The summed E-state index contributed by atoms with van der Waals surface area (Å²) in [7, 11) is 0. The van der Waals surface area contributed by atoms with E-state index in [1.54, 1.807) is 35.9 Å². The number of rotatable bonds is 5. The van der Waals surface area contributed by atoms with Crippen molar-refractivity contribution in [3.05, 3.63) is 52.4 Å². The first kappa shape index (κ1) is 17.7. The van der Waals surface area contributed by atoms with Gasteiger partial charge in [0.2, 0.25) is 0 Å². The van der Waals surface area contributed by atoms with E-state index >= 15 is 0 Å². The fraction of sp³-hybridized carbons (Fsp3) is 0.333. The number of benzene rings is 1. The quantitative estimate of drug-likeness (QED) is 0.536. The molecule has 1 aliphatic carbocycles. The molecule has 1 saturated carbocycles. The molecule has 3 rings (SSSR count). The lowest BCUT2D eigenvalue weighted by atomic mass is 10.0. The molecule has 25 heavy (non-hydrogen) atoms. The molecule has 0 N–H and O–H groups in total. The summed E-state index contributed by atoms with van der Waals surface area (Å²) >= 11 is 6.46. The Morgan fingerprint density at radius 2 is 2.08 bits per heavy atom. The summed E-state index contributed by atoms with van der Waals surface area (Å²) in [6.45, 7) is 5.37. The van der Waals surface area contributed by atoms with Crippen molar-refractivity contribution in [1.82, 2.24) is 4.57 Å². The first-order valence-corrected chi connectivity index (χ1v) is 8.24. The number of aromatic nitrogens is 1. The van der Waals surface area contributed by atoms with Gasteiger partial charge in [-0.3, -0.25) is 0 Å². The van der Waals surface area contributed by atoms with Gasteiger partial charge in [-0.1, -0.05) is 17.7 Å². The minimum absolute atomic E-state index is 0.0690. The molecule has 0 radical (unpaired) electrons. The van der Waals surface area contributed by atoms with E-state index in [-0.39, 0.29) is 12.2 Å². The highest BCUT2D eigenvalue weighted by Crippen LogP contribution is 2.50. The molecule has 0 amide bonds. The minimum Gasteiger partial charge on any atom is -0.330 e. The Balaban J connectivity index is 1.97. The molecule has 1 unspecified atom stereocenters. The molecular weight excluding hydrogens is 351 g/mol. The Morgan fingerprint density at radius 1 is 1.36 bits per heavy atom. The van der Waals surface area contributed by atoms with Crippen LogP contribution in [0, 0.1) is 18.7 Å². The number of pyridine rings is 1. The summed E-state index contributed by atoms with van der Waals surface area (Å²) in [4.78, 5) is 0. The molecule has 1 aromatic carbocycles. The zero-order chi connectivity index (χ0) is 18.2. The van der Waals surface area contributed by atoms with Crippen molar-refractivity contribution in [1.29, 1.82) is 0 Å². The second-order valence-corrected chi connectivity index (χ2v) is 6.59. The van der Waals surface area contributed by atoms with Crippen LogP contribution in [0.15, 0.2) is 40.7 Å². The van der Waals surface area contributed by atoms with Crippen LogP contribution in [0.25, 0.3) is 11.1 Å². The predicted octanol–water partition coefficient (Wildman–Crippen LogP) is 4.82. The molecule has 0 spiro atoms. The molecule has 1 fully saturated rings. The molecule has 0 saturated heterocycles. The van der Waals surface area contributed by atoms with Crippen LogP contribution in [0.2, 0.25) is 5.02 Å². The third-order valence-electron chi connectivity index (χ3n) is 4.43. The van der Waals surface area contributed by atoms with E-state index in [0.717, 1.165) is 5.56 Å². The standard InChI is InChI=1S/C18H17ClF3N3/c1-11-9-12(3-4-15(11)20)14-6-8-25(17(16(14)19)24-23-2)7-5-13-10-18(13,21)22/h3-4,6,8-9,13H,2,5,7,10H2,1H3/b24-17-. The van der Waals surface area contributed by atoms with Gasteiger partial charge in [-0.05, 0) is 42.7 Å². The van der Waals surface area contributed by atoms with Crippen molar-refractivity contribution in [2.24, 2.45) is 16.1 Å². The first-order chi connectivity index (χ1) is 11.8. The fourth-order valence-corrected chi connectivity index (χ4v) is 3.13. The number of halogens is 4. The van der Waals surface area contributed by atoms with Crippen LogP contribution in [0.4, 0.5) is 13.2 Å². The van der Waals surface area contributed by atoms with Crippen LogP contribution in [-0.4, -0.2) is 17.2 Å². The molecule has 0 bridgehead atoms. The Hall–Kier alpha value is -2.08. The molecule has 132 valence electrons. The second-order valence-electron chi connectivity index (χ2n) is 6.22. The molecular formula is C18H17ClF3N3. The number of alkyl halides is 2. The van der Waals surface area contributed by atoms with Gasteiger partial charge in [0.05, 0.1) is 5.02 Å². The van der Waals surface area contributed by atoms with Crippen LogP contribution >= 0.6 is 11.6 Å². The second kappa shape index (κ2) is 6.67. The van der Waals surface area contributed by atoms with Crippen LogP contribution in [0.1, 0.15) is 18.4 Å². The largest absolute Gasteiger partial charge is 0.330 e. The zero-order valence-corrected chi connectivity index (χ0v) is 14.4. The summed E-state index contributed by atoms with van der Waals surface area (Å²) in [5, 5.41) is 7.80. The number of nitrogens with zero attached hydrogens (tertiary/aromatic N) is 3. The zero-order valence-electron chi connectivity index (χ0n) is 13.6. The average Bonchev–Trinajstić information content (AvgIpc) is 3.18. The maximum Gasteiger partial charge on any atom is 0.251 e. The van der Waals surface area contributed by atoms with Gasteiger partial charge < -0.3 is 4.57 Å². The highest BCUT2D eigenvalue weighted by molar-refractivity contribution is 6.33. The average molecular weight is 368 g/mol. The van der Waals surface area contributed by atoms with E-state index < -0.39 is 11.8 Å². The molecule has 1 aliphatic rings. The molecule has 0 aliphatic heterocycles. The van der Waals surface area contributed by atoms with Gasteiger partial charge in [0, 0.05) is 37.4 Å². The topological polar surface area (TPSA) is 29.6 Å². The van der Waals surface area contributed by atoms with Gasteiger partial charge in [0.25, 0.3) is 5.92 Å². The van der Waals surface area contributed by atoms with E-state index in [1.807, 2.05) is 0 Å². The van der Waals surface area contributed by atoms with Gasteiger partial charge in [-0.25, -0.2) is 13.2 Å². The van der Waals surface area contributed by atoms with Gasteiger partial charge in [0.15, 0.2) is 5.49 Å². The number of hydrogen-bond donors (Lipinski definition) is 0. The summed E-state index contributed by atoms with van der Waals surface area (Å²) in [5.41, 5.74) is 2.26. The Kier molecular flexibility index (Phi) is 4.73. The monoisotopic (exact) mass is 367 g/mol. The van der Waals surface area contributed by atoms with Crippen molar-refractivity contribution in [3.63, 3.8) is 0 Å².